The van der Waals surface area contributed by atoms with Crippen LogP contribution in [-0.4, -0.2) is 19.0 Å². The van der Waals surface area contributed by atoms with Gasteiger partial charge < -0.3 is 10.6 Å². The second-order valence-corrected chi connectivity index (χ2v) is 4.96. The summed E-state index contributed by atoms with van der Waals surface area (Å²) in [5.41, 5.74) is 1.27. The number of carbonyl (C=O) groups is 1. The van der Waals surface area contributed by atoms with Crippen molar-refractivity contribution in [2.24, 2.45) is 0 Å². The summed E-state index contributed by atoms with van der Waals surface area (Å²) >= 11 is 2.29. The highest BCUT2D eigenvalue weighted by Gasteiger charge is 2.03. The maximum Gasteiger partial charge on any atom is 0.216 e. The molecule has 0 aliphatic carbocycles. The molecule has 0 aromatic heterocycles. The maximum absolute atomic E-state index is 10.7. The predicted octanol–water partition coefficient (Wildman–Crippen LogP) is 2.08. The minimum absolute atomic E-state index is 0.0173. The Morgan fingerprint density at radius 1 is 1.31 bits per heavy atom. The molecule has 3 nitrogen and oxygen atoms in total. The van der Waals surface area contributed by atoms with E-state index in [4.69, 9.17) is 0 Å². The van der Waals surface area contributed by atoms with Gasteiger partial charge in [-0.05, 0) is 47.2 Å². The Bertz CT molecular complexity index is 337. The van der Waals surface area contributed by atoms with Gasteiger partial charge >= 0.3 is 0 Å². The number of hydrogen-bond acceptors (Lipinski definition) is 2. The van der Waals surface area contributed by atoms with E-state index in [2.05, 4.69) is 64.4 Å². The Hall–Kier alpha value is -0.620. The standard InChI is InChI=1S/C12H17IN2O/c1-9(14-7-8-15-10(2)16)11-3-5-12(13)6-4-11/h3-6,9,14H,7-8H2,1-2H3,(H,15,16). The van der Waals surface area contributed by atoms with Crippen molar-refractivity contribution in [3.63, 3.8) is 0 Å². The highest BCUT2D eigenvalue weighted by atomic mass is 127. The van der Waals surface area contributed by atoms with Gasteiger partial charge in [-0.3, -0.25) is 4.79 Å². The van der Waals surface area contributed by atoms with E-state index in [1.54, 1.807) is 0 Å². The fourth-order valence-electron chi connectivity index (χ4n) is 1.40. The molecule has 88 valence electrons. The number of carbonyl (C=O) groups excluding carboxylic acids is 1. The maximum atomic E-state index is 10.7. The molecule has 0 aliphatic rings. The number of amides is 1. The average Bonchev–Trinajstić information content (AvgIpc) is 2.25. The van der Waals surface area contributed by atoms with E-state index in [0.717, 1.165) is 6.54 Å². The minimum atomic E-state index is 0.0173. The van der Waals surface area contributed by atoms with Gasteiger partial charge in [-0.1, -0.05) is 12.1 Å². The third kappa shape index (κ3) is 4.94. The molecule has 1 aromatic carbocycles. The molecule has 1 amide bonds. The number of benzene rings is 1. The van der Waals surface area contributed by atoms with E-state index in [1.165, 1.54) is 16.1 Å². The third-order valence-electron chi connectivity index (χ3n) is 2.32. The summed E-state index contributed by atoms with van der Waals surface area (Å²) in [5.74, 6) is 0.0173. The van der Waals surface area contributed by atoms with Gasteiger partial charge in [-0.25, -0.2) is 0 Å². The molecule has 0 heterocycles. The van der Waals surface area contributed by atoms with Crippen molar-refractivity contribution < 1.29 is 4.79 Å². The number of halogens is 1. The second kappa shape index (κ2) is 6.85. The van der Waals surface area contributed by atoms with Gasteiger partial charge in [0.1, 0.15) is 0 Å². The topological polar surface area (TPSA) is 41.1 Å². The summed E-state index contributed by atoms with van der Waals surface area (Å²) in [6.45, 7) is 5.11. The molecule has 4 heteroatoms. The first kappa shape index (κ1) is 13.4. The molecule has 0 saturated heterocycles. The Morgan fingerprint density at radius 3 is 2.50 bits per heavy atom. The van der Waals surface area contributed by atoms with Crippen molar-refractivity contribution in [1.29, 1.82) is 0 Å². The van der Waals surface area contributed by atoms with Crippen molar-refractivity contribution in [2.45, 2.75) is 19.9 Å². The Kier molecular flexibility index (Phi) is 5.76. The van der Waals surface area contributed by atoms with Crippen molar-refractivity contribution in [3.8, 4) is 0 Å². The van der Waals surface area contributed by atoms with Crippen molar-refractivity contribution in [3.05, 3.63) is 33.4 Å². The van der Waals surface area contributed by atoms with E-state index in [9.17, 15) is 4.79 Å². The molecular formula is C12H17IN2O. The lowest BCUT2D eigenvalue weighted by Gasteiger charge is -2.14. The van der Waals surface area contributed by atoms with E-state index in [0.29, 0.717) is 12.6 Å². The van der Waals surface area contributed by atoms with Gasteiger partial charge in [-0.2, -0.15) is 0 Å². The zero-order chi connectivity index (χ0) is 12.0. The first-order valence-corrected chi connectivity index (χ1v) is 6.41. The fourth-order valence-corrected chi connectivity index (χ4v) is 1.76. The SMILES string of the molecule is CC(=O)NCCNC(C)c1ccc(I)cc1. The molecule has 0 fully saturated rings. The van der Waals surface area contributed by atoms with Gasteiger partial charge in [0, 0.05) is 29.6 Å². The van der Waals surface area contributed by atoms with Crippen LogP contribution >= 0.6 is 22.6 Å². The van der Waals surface area contributed by atoms with Crippen molar-refractivity contribution in [2.75, 3.05) is 13.1 Å². The van der Waals surface area contributed by atoms with Gasteiger partial charge in [0.05, 0.1) is 0 Å². The monoisotopic (exact) mass is 332 g/mol. The summed E-state index contributed by atoms with van der Waals surface area (Å²) < 4.78 is 1.24. The molecule has 16 heavy (non-hydrogen) atoms. The molecule has 0 saturated carbocycles. The molecule has 1 atom stereocenters. The fraction of sp³-hybridized carbons (Fsp3) is 0.417. The summed E-state index contributed by atoms with van der Waals surface area (Å²) in [6, 6.07) is 8.75. The first-order chi connectivity index (χ1) is 7.59. The molecule has 2 N–H and O–H groups in total. The van der Waals surface area contributed by atoms with Crippen LogP contribution in [0.25, 0.3) is 0 Å². The van der Waals surface area contributed by atoms with E-state index < -0.39 is 0 Å². The van der Waals surface area contributed by atoms with Crippen LogP contribution in [0.3, 0.4) is 0 Å². The number of nitrogens with one attached hydrogen (secondary N) is 2. The lowest BCUT2D eigenvalue weighted by molar-refractivity contribution is -0.118. The van der Waals surface area contributed by atoms with Crippen LogP contribution in [-0.2, 0) is 4.79 Å². The Morgan fingerprint density at radius 2 is 1.94 bits per heavy atom. The summed E-state index contributed by atoms with van der Waals surface area (Å²) in [7, 11) is 0. The van der Waals surface area contributed by atoms with Crippen LogP contribution < -0.4 is 10.6 Å². The quantitative estimate of drug-likeness (QED) is 0.640. The largest absolute Gasteiger partial charge is 0.355 e. The molecule has 1 unspecified atom stereocenters. The van der Waals surface area contributed by atoms with E-state index in [-0.39, 0.29) is 5.91 Å². The molecule has 0 aliphatic heterocycles. The number of hydrogen-bond donors (Lipinski definition) is 2. The van der Waals surface area contributed by atoms with Crippen LogP contribution in [0.4, 0.5) is 0 Å². The molecular weight excluding hydrogens is 315 g/mol. The van der Waals surface area contributed by atoms with Gasteiger partial charge in [0.25, 0.3) is 0 Å². The average molecular weight is 332 g/mol. The van der Waals surface area contributed by atoms with Crippen LogP contribution in [0, 0.1) is 3.57 Å². The minimum Gasteiger partial charge on any atom is -0.355 e. The smallest absolute Gasteiger partial charge is 0.216 e. The normalized spacial score (nSPS) is 12.2. The summed E-state index contributed by atoms with van der Waals surface area (Å²) in [6.07, 6.45) is 0. The lowest BCUT2D eigenvalue weighted by Crippen LogP contribution is -2.31. The van der Waals surface area contributed by atoms with E-state index in [1.807, 2.05) is 0 Å². The second-order valence-electron chi connectivity index (χ2n) is 3.71. The van der Waals surface area contributed by atoms with Crippen LogP contribution in [0.15, 0.2) is 24.3 Å². The van der Waals surface area contributed by atoms with Crippen LogP contribution in [0.1, 0.15) is 25.5 Å². The Labute approximate surface area is 110 Å². The lowest BCUT2D eigenvalue weighted by atomic mass is 10.1. The predicted molar refractivity (Wildman–Crippen MR) is 74.3 cm³/mol. The van der Waals surface area contributed by atoms with Gasteiger partial charge in [-0.15, -0.1) is 0 Å². The zero-order valence-electron chi connectivity index (χ0n) is 9.59. The number of rotatable bonds is 5. The van der Waals surface area contributed by atoms with E-state index >= 15 is 0 Å². The van der Waals surface area contributed by atoms with Crippen LogP contribution in [0.5, 0.6) is 0 Å². The summed E-state index contributed by atoms with van der Waals surface area (Å²) in [5, 5.41) is 6.12. The highest BCUT2D eigenvalue weighted by molar-refractivity contribution is 14.1. The molecule has 0 spiro atoms. The molecule has 0 bridgehead atoms. The zero-order valence-corrected chi connectivity index (χ0v) is 11.7. The molecule has 0 radical (unpaired) electrons. The molecule has 1 aromatic rings. The van der Waals surface area contributed by atoms with Gasteiger partial charge in [0.2, 0.25) is 5.91 Å². The molecule has 1 rings (SSSR count). The summed E-state index contributed by atoms with van der Waals surface area (Å²) in [4.78, 5) is 10.7. The highest BCUT2D eigenvalue weighted by Crippen LogP contribution is 2.13. The van der Waals surface area contributed by atoms with Crippen LogP contribution in [0.2, 0.25) is 0 Å². The third-order valence-corrected chi connectivity index (χ3v) is 3.04. The Balaban J connectivity index is 2.32. The van der Waals surface area contributed by atoms with Crippen molar-refractivity contribution in [1.82, 2.24) is 10.6 Å². The van der Waals surface area contributed by atoms with Crippen molar-refractivity contribution >= 4 is 28.5 Å². The van der Waals surface area contributed by atoms with Gasteiger partial charge in [0.15, 0.2) is 0 Å². The first-order valence-electron chi connectivity index (χ1n) is 5.33.